The van der Waals surface area contributed by atoms with Crippen LogP contribution >= 0.6 is 23.5 Å². The van der Waals surface area contributed by atoms with Gasteiger partial charge in [0.1, 0.15) is 36.3 Å². The second-order valence-electron chi connectivity index (χ2n) is 24.1. The Balaban J connectivity index is 0.966. The van der Waals surface area contributed by atoms with Crippen molar-refractivity contribution >= 4 is 68.1 Å². The van der Waals surface area contributed by atoms with E-state index in [9.17, 15) is 56.5 Å². The average molecular weight is 1340 g/mol. The molecule has 0 bridgehead atoms. The predicted octanol–water partition coefficient (Wildman–Crippen LogP) is 9.03. The highest BCUT2D eigenvalue weighted by molar-refractivity contribution is 7.85. The number of phosphoric acid groups is 3. The zero-order valence-corrected chi connectivity index (χ0v) is 55.6. The number of carbonyl (C=O) groups is 1. The molecule has 0 spiro atoms. The number of allylic oxidation sites excluding steroid dienone is 6. The number of aliphatic hydroxyl groups excluding tert-OH is 1. The molecule has 91 heavy (non-hydrogen) atoms. The number of amidine groups is 1. The molecule has 3 unspecified atom stereocenters. The molecular weight excluding hydrogens is 1260 g/mol. The van der Waals surface area contributed by atoms with Crippen molar-refractivity contribution < 1.29 is 93.0 Å². The van der Waals surface area contributed by atoms with Gasteiger partial charge in [-0.3, -0.25) is 24.0 Å². The van der Waals surface area contributed by atoms with E-state index in [1.54, 1.807) is 26.8 Å². The van der Waals surface area contributed by atoms with E-state index in [2.05, 4.69) is 103 Å². The maximum atomic E-state index is 13.1. The van der Waals surface area contributed by atoms with E-state index in [4.69, 9.17) is 29.7 Å². The molecule has 4 aliphatic rings. The molecule has 27 nitrogen and oxygen atoms in total. The number of ether oxygens (including phenoxy) is 3. The van der Waals surface area contributed by atoms with E-state index in [0.29, 0.717) is 25.8 Å². The number of aryl methyl sites for hydroxylation is 1. The fourth-order valence-electron chi connectivity index (χ4n) is 11.3. The van der Waals surface area contributed by atoms with Crippen molar-refractivity contribution in [1.29, 1.82) is 0 Å². The lowest BCUT2D eigenvalue weighted by molar-refractivity contribution is -0.438. The third kappa shape index (κ3) is 17.6. The Labute approximate surface area is 529 Å². The number of nitro benzene ring substituents is 1. The van der Waals surface area contributed by atoms with Gasteiger partial charge < -0.3 is 59.7 Å². The number of nitro groups is 1. The van der Waals surface area contributed by atoms with Crippen molar-refractivity contribution in [1.82, 2.24) is 10.2 Å². The lowest BCUT2D eigenvalue weighted by atomic mass is 9.81. The van der Waals surface area contributed by atoms with Crippen molar-refractivity contribution in [2.75, 3.05) is 44.9 Å². The monoisotopic (exact) mass is 1340 g/mol. The molecule has 0 aromatic heterocycles. The lowest BCUT2D eigenvalue weighted by Crippen LogP contribution is -2.36. The molecule has 7 rings (SSSR count). The number of fused-ring (bicyclic) bond motifs is 2. The number of anilines is 1. The standard InChI is InChI=1S/C60H78N7O20P3S/c1-12-64-46-26-24-38(2)30-44(46)59(7,8)52(64)21-15-13-16-22-53-60(9,10)45-32-42(91(79,80)81)25-27-47(45)65(53)29-18-14-17-23-54(69)62-28-19-20-40-31-48(67(70)71)43(33-50(40)82-11)56(58(4,5)6)83-36-41-35-66(39(3)63-57(41)61)55-34-49(68)51(85-55)37-84-89(75,76)87-90(77,78)86-88(72,73)74/h13,15-16,21-22,24-27,30-33,35,49,51,55-56,68H,3,12,14,17-18,23,28-29,34,36-37H2,1-2,4-11H3,(H7-,61,62,63,69,72,73,74,75,76,77,78,79,80,81)/p+1/t49?,51-,55-,56-/m1/s1. The fraction of sp³-hybridized carbons (Fsp3) is 0.450. The minimum atomic E-state index is -5.81. The van der Waals surface area contributed by atoms with Gasteiger partial charge in [0.2, 0.25) is 11.6 Å². The average Bonchev–Trinajstić information content (AvgIpc) is 1.63. The number of carbonyl (C=O) groups excluding carboxylic acids is 1. The quantitative estimate of drug-likeness (QED) is 0.00543. The molecule has 1 amide bonds. The van der Waals surface area contributed by atoms with Crippen LogP contribution in [0.3, 0.4) is 0 Å². The van der Waals surface area contributed by atoms with Gasteiger partial charge in [-0.05, 0) is 81.9 Å². The number of hydrogen-bond acceptors (Lipinski definition) is 19. The molecule has 4 heterocycles. The van der Waals surface area contributed by atoms with Crippen molar-refractivity contribution in [3.05, 3.63) is 147 Å². The summed E-state index contributed by atoms with van der Waals surface area (Å²) < 4.78 is 102. The number of benzene rings is 3. The second-order valence-corrected chi connectivity index (χ2v) is 30.0. The number of phosphoric ester groups is 1. The number of aliphatic hydroxyl groups is 1. The van der Waals surface area contributed by atoms with Crippen LogP contribution in [0.1, 0.15) is 121 Å². The highest BCUT2D eigenvalue weighted by atomic mass is 32.2. The zero-order chi connectivity index (χ0) is 67.4. The predicted molar refractivity (Wildman–Crippen MR) is 339 cm³/mol. The number of nitrogens with one attached hydrogen (secondary N) is 1. The Hall–Kier alpha value is -6.47. The Morgan fingerprint density at radius 3 is 2.37 bits per heavy atom. The molecule has 6 atom stereocenters. The van der Waals surface area contributed by atoms with Crippen molar-refractivity contribution in [3.63, 3.8) is 0 Å². The number of unbranched alkanes of at least 4 members (excludes halogenated alkanes) is 2. The van der Waals surface area contributed by atoms with Crippen LogP contribution in [0.5, 0.6) is 5.75 Å². The van der Waals surface area contributed by atoms with Crippen LogP contribution in [-0.2, 0) is 62.1 Å². The number of amides is 1. The van der Waals surface area contributed by atoms with Crippen LogP contribution in [0.2, 0.25) is 0 Å². The SMILES string of the molecule is C=C1N=C(N)C(CO[C@H](c2cc(OC)c(C#CCNC(=O)CCCCC[N+]3=C(C=CC=CC=C4N(CC)c5ccc(C)cc5C4(C)C)C(C)(C)c4cc(S(=O)(=O)O)ccc43)cc2[N+](=O)[O-])C(C)(C)C)=CN1[C@H]1CC(O)[C@@H](COP(=O)(O)OP(=O)(O)OP(=O)(O)O)O1. The number of rotatable bonds is 26. The Morgan fingerprint density at radius 1 is 1.01 bits per heavy atom. The Morgan fingerprint density at radius 2 is 1.73 bits per heavy atom. The summed E-state index contributed by atoms with van der Waals surface area (Å²) in [6.45, 7) is 22.1. The Bertz CT molecular complexity index is 3870. The second kappa shape index (κ2) is 28.4. The minimum absolute atomic E-state index is 0.0337. The first-order chi connectivity index (χ1) is 42.3. The zero-order valence-electron chi connectivity index (χ0n) is 52.1. The molecule has 1 saturated heterocycles. The smallest absolute Gasteiger partial charge is 0.490 e. The molecule has 4 aliphatic heterocycles. The summed E-state index contributed by atoms with van der Waals surface area (Å²) in [6.07, 6.45) is 8.69. The molecule has 0 radical (unpaired) electrons. The molecule has 31 heteroatoms. The summed E-state index contributed by atoms with van der Waals surface area (Å²) in [4.78, 5) is 70.0. The number of aliphatic imine (C=N–C) groups is 1. The first kappa shape index (κ1) is 72.0. The first-order valence-corrected chi connectivity index (χ1v) is 34.8. The fourth-order valence-corrected chi connectivity index (χ4v) is 14.8. The summed E-state index contributed by atoms with van der Waals surface area (Å²) in [5, 5.41) is 26.3. The van der Waals surface area contributed by atoms with Crippen LogP contribution in [0.25, 0.3) is 0 Å². The highest BCUT2D eigenvalue weighted by Gasteiger charge is 2.47. The Kier molecular flexibility index (Phi) is 22.5. The number of likely N-dealkylation sites (N-methyl/N-ethyl adjacent to an activating group) is 1. The third-order valence-electron chi connectivity index (χ3n) is 15.7. The van der Waals surface area contributed by atoms with Gasteiger partial charge in [-0.2, -0.15) is 21.6 Å². The van der Waals surface area contributed by atoms with E-state index < -0.39 is 80.5 Å². The molecule has 9 N–H and O–H groups in total. The summed E-state index contributed by atoms with van der Waals surface area (Å²) in [6, 6.07) is 13.9. The lowest BCUT2D eigenvalue weighted by Gasteiger charge is -2.33. The van der Waals surface area contributed by atoms with Crippen LogP contribution in [-0.4, -0.2) is 128 Å². The summed E-state index contributed by atoms with van der Waals surface area (Å²) in [7, 11) is -20.1. The molecular formula is C60H79N7O20P3S+. The van der Waals surface area contributed by atoms with Crippen molar-refractivity contribution in [3.8, 4) is 17.6 Å². The van der Waals surface area contributed by atoms with Crippen LogP contribution in [0, 0.1) is 34.3 Å². The van der Waals surface area contributed by atoms with Gasteiger partial charge in [-0.15, -0.1) is 0 Å². The van der Waals surface area contributed by atoms with Crippen LogP contribution in [0.4, 0.5) is 17.1 Å². The maximum absolute atomic E-state index is 13.1. The van der Waals surface area contributed by atoms with Crippen molar-refractivity contribution in [2.45, 2.75) is 135 Å². The summed E-state index contributed by atoms with van der Waals surface area (Å²) in [5.74, 6) is 5.67. The van der Waals surface area contributed by atoms with Gasteiger partial charge in [0.25, 0.3) is 15.8 Å². The molecule has 3 aromatic carbocycles. The van der Waals surface area contributed by atoms with Gasteiger partial charge in [-0.1, -0.05) is 89.0 Å². The number of hydrogen-bond donors (Lipinski definition) is 8. The summed E-state index contributed by atoms with van der Waals surface area (Å²) in [5.41, 5.74) is 12.2. The number of nitrogens with zero attached hydrogens (tertiary/aromatic N) is 5. The summed E-state index contributed by atoms with van der Waals surface area (Å²) >= 11 is 0. The van der Waals surface area contributed by atoms with Gasteiger partial charge >= 0.3 is 23.5 Å². The van der Waals surface area contributed by atoms with Gasteiger partial charge in [0, 0.05) is 78.2 Å². The van der Waals surface area contributed by atoms with Gasteiger partial charge in [0.05, 0.1) is 65.4 Å². The van der Waals surface area contributed by atoms with E-state index in [1.807, 2.05) is 38.2 Å². The first-order valence-electron chi connectivity index (χ1n) is 28.9. The number of methoxy groups -OCH3 is 1. The number of nitrogens with two attached hydrogens (primary N) is 1. The molecule has 3 aromatic rings. The van der Waals surface area contributed by atoms with Crippen LogP contribution < -0.4 is 20.7 Å². The van der Waals surface area contributed by atoms with E-state index in [1.165, 1.54) is 65.0 Å². The molecule has 494 valence electrons. The van der Waals surface area contributed by atoms with Crippen LogP contribution in [0.15, 0.2) is 119 Å². The van der Waals surface area contributed by atoms with E-state index in [0.717, 1.165) is 23.5 Å². The highest BCUT2D eigenvalue weighted by Crippen LogP contribution is 2.66. The molecule has 1 fully saturated rings. The van der Waals surface area contributed by atoms with E-state index >= 15 is 0 Å². The third-order valence-corrected chi connectivity index (χ3v) is 20.3. The molecule has 0 saturated carbocycles. The normalized spacial score (nSPS) is 21.1. The topological polar surface area (TPSA) is 382 Å². The van der Waals surface area contributed by atoms with Crippen molar-refractivity contribution in [2.24, 2.45) is 16.1 Å². The minimum Gasteiger partial charge on any atom is -0.495 e. The molecule has 0 aliphatic carbocycles. The van der Waals surface area contributed by atoms with Gasteiger partial charge in [0.15, 0.2) is 5.71 Å². The maximum Gasteiger partial charge on any atom is 0.490 e. The largest absolute Gasteiger partial charge is 0.495 e. The van der Waals surface area contributed by atoms with Gasteiger partial charge in [-0.25, -0.2) is 18.7 Å². The van der Waals surface area contributed by atoms with E-state index in [-0.39, 0.29) is 82.0 Å².